The van der Waals surface area contributed by atoms with Gasteiger partial charge in [0.05, 0.1) is 50.6 Å². The monoisotopic (exact) mass is 1800 g/mol. The zero-order chi connectivity index (χ0) is 87.2. The van der Waals surface area contributed by atoms with Gasteiger partial charge < -0.3 is 0 Å². The predicted molar refractivity (Wildman–Crippen MR) is 429 cm³/mol. The van der Waals surface area contributed by atoms with Gasteiger partial charge in [-0.15, -0.1) is 40.8 Å². The van der Waals surface area contributed by atoms with E-state index in [4.69, 9.17) is 19.9 Å². The minimum Gasteiger partial charge on any atom is -0.282 e. The van der Waals surface area contributed by atoms with Gasteiger partial charge in [0.15, 0.2) is 0 Å². The van der Waals surface area contributed by atoms with E-state index >= 15 is 0 Å². The number of hydrogen-bond acceptors (Lipinski definition) is 31. The third-order valence-electron chi connectivity index (χ3n) is 17.6. The van der Waals surface area contributed by atoms with Crippen molar-refractivity contribution in [2.45, 2.75) is 39.2 Å². The highest BCUT2D eigenvalue weighted by atomic mass is 32.2. The zero-order valence-electron chi connectivity index (χ0n) is 60.8. The summed E-state index contributed by atoms with van der Waals surface area (Å²) >= 11 is 0. The van der Waals surface area contributed by atoms with Gasteiger partial charge in [0.1, 0.15) is 68.3 Å². The molecular weight excluding hydrogens is 1750 g/mol. The van der Waals surface area contributed by atoms with Gasteiger partial charge in [-0.05, 0) is 133 Å². The van der Waals surface area contributed by atoms with Gasteiger partial charge >= 0.3 is 0 Å². The van der Waals surface area contributed by atoms with E-state index in [2.05, 4.69) is 55.7 Å². The van der Waals surface area contributed by atoms with Crippen molar-refractivity contribution in [3.05, 3.63) is 249 Å². The molecule has 0 saturated carbocycles. The summed E-state index contributed by atoms with van der Waals surface area (Å²) in [7, 11) is -36.2. The highest BCUT2D eigenvalue weighted by Crippen LogP contribution is 2.38. The fourth-order valence-corrected chi connectivity index (χ4v) is 15.5. The lowest BCUT2D eigenvalue weighted by atomic mass is 10.0. The molecule has 0 unspecified atom stereocenters. The summed E-state index contributed by atoms with van der Waals surface area (Å²) in [6, 6.07) is 54.8. The van der Waals surface area contributed by atoms with E-state index in [1.165, 1.54) is 97.1 Å². The van der Waals surface area contributed by atoms with Crippen LogP contribution in [0.5, 0.6) is 0 Å². The second-order valence-corrected chi connectivity index (χ2v) is 36.9. The van der Waals surface area contributed by atoms with Gasteiger partial charge in [-0.1, -0.05) is 115 Å². The molecule has 0 amide bonds. The van der Waals surface area contributed by atoms with Crippen molar-refractivity contribution in [3.63, 3.8) is 0 Å². The smallest absolute Gasteiger partial charge is 0.282 e. The van der Waals surface area contributed by atoms with Crippen LogP contribution in [-0.2, 0) is 80.9 Å². The molecule has 7 heterocycles. The average Bonchev–Trinajstić information content (AvgIpc) is 0.786. The van der Waals surface area contributed by atoms with Crippen LogP contribution < -0.4 is 0 Å². The van der Waals surface area contributed by atoms with Gasteiger partial charge in [-0.25, -0.2) is 34.9 Å². The Morgan fingerprint density at radius 3 is 0.426 bits per heavy atom. The molecule has 15 rings (SSSR count). The summed E-state index contributed by atoms with van der Waals surface area (Å²) < 4.78 is 263. The van der Waals surface area contributed by atoms with Crippen LogP contribution in [0.1, 0.15) is 0 Å². The number of aromatic nitrogens is 15. The van der Waals surface area contributed by atoms with Gasteiger partial charge in [0.25, 0.3) is 80.9 Å². The van der Waals surface area contributed by atoms with Crippen molar-refractivity contribution in [2.24, 2.45) is 0 Å². The zero-order valence-corrected chi connectivity index (χ0v) is 67.3. The topological polar surface area (TPSA) is 628 Å². The molecule has 0 radical (unpaired) electrons. The van der Waals surface area contributed by atoms with Gasteiger partial charge in [0, 0.05) is 44.5 Å². The standard InChI is InChI=1S/C40H26N8O12S4.C35H23N7O12S4/c49-61(50,51)27-15-7-23(8-16-27)35-37(25-11-19-29(20-12-25)63(55,56)57)45-47-39(43-35)33-5-1-3-31(41-33)32-4-2-6-34(42-32)40-44-36(24-9-17-28(18-10-24)62(52,53)54)38(46-48-40)26-13-21-30(22-14-26)64(58,59)60;43-55(44,45)24-12-4-20(5-13-24)30-32(22-8-16-26(17-9-22)57(49,50)51)39-41-34(37-30)28-2-1-3-29(36-28)35-38-31(21-6-14-25(15-7-21)56(46,47)48)33(40-42-35)23-10-18-27(19-11-23)58(52,53)54/h1-22H,(H,49,50,51)(H,52,53,54)(H,55,56,57)(H,58,59,60);1-19H,(H,43,44,45)(H,46,47,48)(H,49,50,51)(H,52,53,54). The number of rotatable bonds is 21. The second kappa shape index (κ2) is 32.9. The summed E-state index contributed by atoms with van der Waals surface area (Å²) in [5.74, 6) is -0.0535. The normalized spacial score (nSPS) is 12.3. The number of benzene rings is 8. The third-order valence-corrected chi connectivity index (χ3v) is 24.5. The van der Waals surface area contributed by atoms with E-state index in [1.807, 2.05) is 0 Å². The molecule has 122 heavy (non-hydrogen) atoms. The largest absolute Gasteiger partial charge is 0.294 e. The van der Waals surface area contributed by atoms with E-state index in [0.29, 0.717) is 55.9 Å². The lowest BCUT2D eigenvalue weighted by molar-refractivity contribution is 0.481. The molecule has 0 aliphatic rings. The molecule has 0 aliphatic heterocycles. The Kier molecular flexibility index (Phi) is 22.9. The van der Waals surface area contributed by atoms with Crippen LogP contribution in [0.2, 0.25) is 0 Å². The van der Waals surface area contributed by atoms with Gasteiger partial charge in [-0.3, -0.25) is 36.4 Å². The Bertz CT molecular complexity index is 7240. The molecule has 616 valence electrons. The van der Waals surface area contributed by atoms with Crippen LogP contribution >= 0.6 is 0 Å². The number of nitrogens with zero attached hydrogens (tertiary/aromatic N) is 15. The molecule has 0 atom stereocenters. The molecule has 0 fully saturated rings. The molecule has 0 bridgehead atoms. The Balaban J connectivity index is 0.000000200. The fourth-order valence-electron chi connectivity index (χ4n) is 11.7. The van der Waals surface area contributed by atoms with E-state index in [9.17, 15) is 104 Å². The van der Waals surface area contributed by atoms with Crippen LogP contribution in [0.3, 0.4) is 0 Å². The third kappa shape index (κ3) is 19.2. The van der Waals surface area contributed by atoms with E-state index in [0.717, 1.165) is 97.1 Å². The van der Waals surface area contributed by atoms with Crippen LogP contribution in [0, 0.1) is 0 Å². The molecule has 0 saturated heterocycles. The maximum absolute atomic E-state index is 11.8. The van der Waals surface area contributed by atoms with E-state index < -0.39 is 90.7 Å². The fraction of sp³-hybridized carbons (Fsp3) is 0. The first kappa shape index (κ1) is 85.0. The molecule has 0 spiro atoms. The first-order valence-corrected chi connectivity index (χ1v) is 45.6. The Labute approximate surface area is 690 Å². The predicted octanol–water partition coefficient (Wildman–Crippen LogP) is 9.94. The van der Waals surface area contributed by atoms with Gasteiger partial charge in [-0.2, -0.15) is 67.3 Å². The Morgan fingerprint density at radius 1 is 0.148 bits per heavy atom. The minimum atomic E-state index is -4.54. The maximum atomic E-state index is 11.8. The molecule has 15 aromatic rings. The summed E-state index contributed by atoms with van der Waals surface area (Å²) in [6.07, 6.45) is 0. The van der Waals surface area contributed by atoms with Crippen molar-refractivity contribution < 1.29 is 104 Å². The summed E-state index contributed by atoms with van der Waals surface area (Å²) in [4.78, 5) is 29.7. The maximum Gasteiger partial charge on any atom is 0.294 e. The lowest BCUT2D eigenvalue weighted by Gasteiger charge is -2.12. The SMILES string of the molecule is O=S(=O)(O)c1ccc(-c2nnc(-c3cccc(-c4cccc(-c5nnc(-c6ccc(S(=O)(=O)O)cc6)c(-c6ccc(S(=O)(=O)O)cc6)n5)n4)n3)nc2-c2ccc(S(=O)(=O)O)cc2)cc1.O=S(=O)(O)c1ccc(-c2nnc(-c3cccc(-c4nnc(-c5ccc(S(=O)(=O)O)cc5)c(-c5ccc(S(=O)(=O)O)cc5)n4)n3)nc2-c2ccc(S(=O)(=O)O)cc2)cc1. The molecule has 39 nitrogen and oxygen atoms in total. The molecular formula is C75H49N15O24S8. The minimum absolute atomic E-state index is 0.0163. The molecule has 7 aromatic heterocycles. The van der Waals surface area contributed by atoms with Crippen LogP contribution in [0.25, 0.3) is 148 Å². The quantitative estimate of drug-likeness (QED) is 0.0310. The Morgan fingerprint density at radius 2 is 0.279 bits per heavy atom. The van der Waals surface area contributed by atoms with Crippen molar-refractivity contribution in [1.29, 1.82) is 0 Å². The van der Waals surface area contributed by atoms with E-state index in [1.54, 1.807) is 54.6 Å². The molecule has 47 heteroatoms. The lowest BCUT2D eigenvalue weighted by Crippen LogP contribution is -2.04. The molecule has 0 aliphatic carbocycles. The van der Waals surface area contributed by atoms with Crippen LogP contribution in [0.15, 0.2) is 288 Å². The van der Waals surface area contributed by atoms with Crippen molar-refractivity contribution in [2.75, 3.05) is 0 Å². The highest BCUT2D eigenvalue weighted by Gasteiger charge is 2.26. The summed E-state index contributed by atoms with van der Waals surface area (Å²) in [5.41, 5.74) is 5.17. The first-order valence-electron chi connectivity index (χ1n) is 34.0. The summed E-state index contributed by atoms with van der Waals surface area (Å²) in [5, 5.41) is 34.4. The summed E-state index contributed by atoms with van der Waals surface area (Å²) in [6.45, 7) is 0. The van der Waals surface area contributed by atoms with Crippen molar-refractivity contribution in [1.82, 2.24) is 75.7 Å². The van der Waals surface area contributed by atoms with Crippen molar-refractivity contribution >= 4 is 80.9 Å². The average molecular weight is 1800 g/mol. The Hall–Kier alpha value is -13.5. The van der Waals surface area contributed by atoms with Crippen LogP contribution in [0.4, 0.5) is 0 Å². The molecule has 8 aromatic carbocycles. The van der Waals surface area contributed by atoms with E-state index in [-0.39, 0.29) is 121 Å². The first-order chi connectivity index (χ1) is 57.5. The molecule has 8 N–H and O–H groups in total. The van der Waals surface area contributed by atoms with Gasteiger partial charge in [0.2, 0.25) is 23.3 Å². The number of pyridine rings is 3. The highest BCUT2D eigenvalue weighted by molar-refractivity contribution is 7.87. The number of hydrogen-bond donors (Lipinski definition) is 8. The second-order valence-electron chi connectivity index (χ2n) is 25.6. The van der Waals surface area contributed by atoms with Crippen molar-refractivity contribution in [3.8, 4) is 148 Å². The van der Waals surface area contributed by atoms with Crippen LogP contribution in [-0.4, -0.2) is 179 Å².